The van der Waals surface area contributed by atoms with Gasteiger partial charge in [0.25, 0.3) is 0 Å². The van der Waals surface area contributed by atoms with Crippen LogP contribution in [0.15, 0.2) is 12.1 Å². The lowest BCUT2D eigenvalue weighted by atomic mass is 9.83. The topological polar surface area (TPSA) is 23.8 Å². The summed E-state index contributed by atoms with van der Waals surface area (Å²) in [6.07, 6.45) is 0. The molecule has 0 unspecified atom stereocenters. The highest BCUT2D eigenvalue weighted by Crippen LogP contribution is 2.28. The Labute approximate surface area is 82.0 Å². The average Bonchev–Trinajstić information content (AvgIpc) is 1.99. The lowest BCUT2D eigenvalue weighted by Gasteiger charge is -2.21. The molecule has 0 bridgehead atoms. The van der Waals surface area contributed by atoms with Gasteiger partial charge in [0.2, 0.25) is 0 Å². The summed E-state index contributed by atoms with van der Waals surface area (Å²) in [5, 5.41) is 8.75. The maximum Gasteiger partial charge on any atom is 0.131 e. The number of hydrogen-bond acceptors (Lipinski definition) is 1. The van der Waals surface area contributed by atoms with Gasteiger partial charge in [0.1, 0.15) is 11.6 Å². The Bertz CT molecular complexity index is 397. The van der Waals surface area contributed by atoms with Gasteiger partial charge >= 0.3 is 0 Å². The smallest absolute Gasteiger partial charge is 0.131 e. The van der Waals surface area contributed by atoms with Crippen molar-refractivity contribution in [3.05, 3.63) is 34.9 Å². The molecule has 0 aliphatic rings. The highest BCUT2D eigenvalue weighted by atomic mass is 19.1. The van der Waals surface area contributed by atoms with E-state index >= 15 is 0 Å². The molecule has 0 spiro atoms. The molecular formula is C11H11F2N. The molecule has 14 heavy (non-hydrogen) atoms. The van der Waals surface area contributed by atoms with E-state index in [1.54, 1.807) is 26.8 Å². The summed E-state index contributed by atoms with van der Waals surface area (Å²) in [5.74, 6) is -1.37. The van der Waals surface area contributed by atoms with E-state index in [0.717, 1.165) is 12.1 Å². The molecule has 0 aliphatic heterocycles. The van der Waals surface area contributed by atoms with Crippen LogP contribution < -0.4 is 0 Å². The lowest BCUT2D eigenvalue weighted by Crippen LogP contribution is -2.16. The van der Waals surface area contributed by atoms with Crippen LogP contribution in [-0.4, -0.2) is 0 Å². The molecule has 0 aromatic heterocycles. The van der Waals surface area contributed by atoms with Crippen molar-refractivity contribution in [1.82, 2.24) is 0 Å². The third kappa shape index (κ3) is 1.90. The number of hydrogen-bond donors (Lipinski definition) is 0. The molecule has 0 heterocycles. The van der Waals surface area contributed by atoms with E-state index in [4.69, 9.17) is 5.26 Å². The van der Waals surface area contributed by atoms with E-state index in [0.29, 0.717) is 0 Å². The molecular weight excluding hydrogens is 184 g/mol. The molecule has 3 heteroatoms. The van der Waals surface area contributed by atoms with E-state index in [1.807, 2.05) is 0 Å². The summed E-state index contributed by atoms with van der Waals surface area (Å²) < 4.78 is 26.2. The first kappa shape index (κ1) is 10.6. The maximum absolute atomic E-state index is 13.4. The average molecular weight is 195 g/mol. The fourth-order valence-electron chi connectivity index (χ4n) is 1.42. The second-order valence-electron chi connectivity index (χ2n) is 4.17. The molecule has 0 radical (unpaired) electrons. The van der Waals surface area contributed by atoms with Gasteiger partial charge in [-0.1, -0.05) is 20.8 Å². The minimum atomic E-state index is -0.716. The van der Waals surface area contributed by atoms with Gasteiger partial charge in [0.15, 0.2) is 0 Å². The second kappa shape index (κ2) is 3.38. The van der Waals surface area contributed by atoms with Crippen LogP contribution in [0.3, 0.4) is 0 Å². The van der Waals surface area contributed by atoms with Gasteiger partial charge in [0, 0.05) is 11.6 Å². The molecule has 0 N–H and O–H groups in total. The van der Waals surface area contributed by atoms with Crippen LogP contribution in [0.1, 0.15) is 31.9 Å². The van der Waals surface area contributed by atoms with Crippen LogP contribution in [0.2, 0.25) is 0 Å². The molecule has 1 nitrogen and oxygen atoms in total. The quantitative estimate of drug-likeness (QED) is 0.623. The monoisotopic (exact) mass is 195 g/mol. The van der Waals surface area contributed by atoms with Crippen molar-refractivity contribution in [1.29, 1.82) is 5.26 Å². The van der Waals surface area contributed by atoms with Crippen molar-refractivity contribution >= 4 is 0 Å². The maximum atomic E-state index is 13.4. The van der Waals surface area contributed by atoms with Crippen LogP contribution in [0.4, 0.5) is 8.78 Å². The van der Waals surface area contributed by atoms with Gasteiger partial charge in [-0.3, -0.25) is 0 Å². The highest BCUT2D eigenvalue weighted by molar-refractivity contribution is 5.42. The molecule has 0 atom stereocenters. The Balaban J connectivity index is 3.51. The number of nitrogens with zero attached hydrogens (tertiary/aromatic N) is 1. The Hall–Kier alpha value is -1.43. The highest BCUT2D eigenvalue weighted by Gasteiger charge is 2.23. The largest absolute Gasteiger partial charge is 0.207 e. The lowest BCUT2D eigenvalue weighted by molar-refractivity contribution is 0.509. The third-order valence-electron chi connectivity index (χ3n) is 1.93. The zero-order chi connectivity index (χ0) is 10.9. The van der Waals surface area contributed by atoms with Crippen LogP contribution in [-0.2, 0) is 5.41 Å². The first-order valence-electron chi connectivity index (χ1n) is 4.26. The van der Waals surface area contributed by atoms with Gasteiger partial charge in [-0.2, -0.15) is 5.26 Å². The minimum Gasteiger partial charge on any atom is -0.207 e. The minimum absolute atomic E-state index is 0.0648. The molecule has 0 saturated carbocycles. The Kier molecular flexibility index (Phi) is 2.57. The molecule has 0 aliphatic carbocycles. The fraction of sp³-hybridized carbons (Fsp3) is 0.364. The molecule has 1 rings (SSSR count). The number of halogens is 2. The second-order valence-corrected chi connectivity index (χ2v) is 4.17. The predicted molar refractivity (Wildman–Crippen MR) is 49.8 cm³/mol. The molecule has 0 fully saturated rings. The summed E-state index contributed by atoms with van der Waals surface area (Å²) in [4.78, 5) is 0. The van der Waals surface area contributed by atoms with E-state index < -0.39 is 17.0 Å². The van der Waals surface area contributed by atoms with Crippen LogP contribution >= 0.6 is 0 Å². The zero-order valence-corrected chi connectivity index (χ0v) is 8.36. The van der Waals surface area contributed by atoms with Crippen LogP contribution in [0, 0.1) is 23.0 Å². The summed E-state index contributed by atoms with van der Waals surface area (Å²) in [6, 6.07) is 3.67. The summed E-state index contributed by atoms with van der Waals surface area (Å²) in [5.41, 5.74) is -0.167. The van der Waals surface area contributed by atoms with E-state index in [2.05, 4.69) is 0 Å². The van der Waals surface area contributed by atoms with E-state index in [-0.39, 0.29) is 11.1 Å². The van der Waals surface area contributed by atoms with Crippen molar-refractivity contribution in [3.8, 4) is 6.07 Å². The predicted octanol–water partition coefficient (Wildman–Crippen LogP) is 3.13. The summed E-state index contributed by atoms with van der Waals surface area (Å²) >= 11 is 0. The van der Waals surface area contributed by atoms with Gasteiger partial charge in [0.05, 0.1) is 11.6 Å². The molecule has 0 amide bonds. The normalized spacial score (nSPS) is 11.1. The van der Waals surface area contributed by atoms with Crippen molar-refractivity contribution in [2.75, 3.05) is 0 Å². The van der Waals surface area contributed by atoms with Crippen molar-refractivity contribution in [3.63, 3.8) is 0 Å². The Morgan fingerprint density at radius 1 is 1.21 bits per heavy atom. The molecule has 1 aromatic carbocycles. The van der Waals surface area contributed by atoms with Crippen LogP contribution in [0.25, 0.3) is 0 Å². The molecule has 74 valence electrons. The Morgan fingerprint density at radius 2 is 1.79 bits per heavy atom. The first-order chi connectivity index (χ1) is 6.36. The van der Waals surface area contributed by atoms with Gasteiger partial charge in [-0.25, -0.2) is 8.78 Å². The SMILES string of the molecule is CC(C)(C)c1c(F)cc(F)cc1C#N. The van der Waals surface area contributed by atoms with Gasteiger partial charge in [-0.05, 0) is 11.5 Å². The molecule has 0 saturated heterocycles. The summed E-state index contributed by atoms with van der Waals surface area (Å²) in [6.45, 7) is 5.35. The van der Waals surface area contributed by atoms with Crippen molar-refractivity contribution in [2.45, 2.75) is 26.2 Å². The third-order valence-corrected chi connectivity index (χ3v) is 1.93. The standard InChI is InChI=1S/C11H11F2N/c1-11(2,3)10-7(6-14)4-8(12)5-9(10)13/h4-5H,1-3H3. The number of nitriles is 1. The van der Waals surface area contributed by atoms with Gasteiger partial charge < -0.3 is 0 Å². The zero-order valence-electron chi connectivity index (χ0n) is 8.36. The number of benzene rings is 1. The number of rotatable bonds is 0. The fourth-order valence-corrected chi connectivity index (χ4v) is 1.42. The van der Waals surface area contributed by atoms with Crippen molar-refractivity contribution < 1.29 is 8.78 Å². The van der Waals surface area contributed by atoms with Crippen LogP contribution in [0.5, 0.6) is 0 Å². The Morgan fingerprint density at radius 3 is 2.21 bits per heavy atom. The summed E-state index contributed by atoms with van der Waals surface area (Å²) in [7, 11) is 0. The molecule has 1 aromatic rings. The van der Waals surface area contributed by atoms with E-state index in [9.17, 15) is 8.78 Å². The first-order valence-corrected chi connectivity index (χ1v) is 4.26. The van der Waals surface area contributed by atoms with E-state index in [1.165, 1.54) is 0 Å². The van der Waals surface area contributed by atoms with Crippen molar-refractivity contribution in [2.24, 2.45) is 0 Å². The van der Waals surface area contributed by atoms with Gasteiger partial charge in [-0.15, -0.1) is 0 Å².